The Morgan fingerprint density at radius 1 is 1.50 bits per heavy atom. The molecule has 0 unspecified atom stereocenters. The molecule has 0 amide bonds. The monoisotopic (exact) mass is 242 g/mol. The molecule has 0 aliphatic rings. The standard InChI is InChI=1S/C4H9O2S.Sn.H/c1-2-3-4-7(5)6;;/h2-4H2,1H3;;. The summed E-state index contributed by atoms with van der Waals surface area (Å²) in [4.78, 5) is 0. The molecule has 2 nitrogen and oxygen atoms in total. The fourth-order valence-electron chi connectivity index (χ4n) is 0.346. The van der Waals surface area contributed by atoms with Gasteiger partial charge in [0.15, 0.2) is 0 Å². The van der Waals surface area contributed by atoms with Gasteiger partial charge in [-0.2, -0.15) is 0 Å². The van der Waals surface area contributed by atoms with Crippen molar-refractivity contribution < 1.29 is 8.42 Å². The third-order valence-electron chi connectivity index (χ3n) is 0.782. The van der Waals surface area contributed by atoms with Gasteiger partial charge in [-0.15, -0.1) is 0 Å². The van der Waals surface area contributed by atoms with E-state index in [1.54, 1.807) is 0 Å². The number of hydrogen-bond acceptors (Lipinski definition) is 2. The molecule has 0 spiro atoms. The van der Waals surface area contributed by atoms with Crippen molar-refractivity contribution in [3.8, 4) is 0 Å². The number of unbranched alkanes of at least 4 members (excludes halogenated alkanes) is 1. The molecule has 0 bridgehead atoms. The summed E-state index contributed by atoms with van der Waals surface area (Å²) in [6.45, 7) is 1.99. The Morgan fingerprint density at radius 3 is 2.12 bits per heavy atom. The van der Waals surface area contributed by atoms with E-state index < -0.39 is 7.02 Å². The molecule has 8 heavy (non-hydrogen) atoms. The Labute approximate surface area is 62.1 Å². The molecule has 0 aliphatic carbocycles. The van der Waals surface area contributed by atoms with Gasteiger partial charge >= 0.3 is 62.1 Å². The Bertz CT molecular complexity index is 138. The third kappa shape index (κ3) is 6.75. The zero-order chi connectivity index (χ0) is 6.62. The van der Waals surface area contributed by atoms with Crippen LogP contribution in [0, 0.1) is 0 Å². The molecular formula is C4H10O2SSn. The molecule has 0 saturated heterocycles. The van der Waals surface area contributed by atoms with Crippen molar-refractivity contribution in [1.82, 2.24) is 0 Å². The molecule has 0 aromatic rings. The van der Waals surface area contributed by atoms with Crippen molar-refractivity contribution in [2.75, 3.05) is 5.75 Å². The van der Waals surface area contributed by atoms with Gasteiger partial charge in [-0.3, -0.25) is 0 Å². The number of hydrogen-bond donors (Lipinski definition) is 0. The summed E-state index contributed by atoms with van der Waals surface area (Å²) in [7, 11) is -2.56. The second-order valence-electron chi connectivity index (χ2n) is 1.72. The Kier molecular flexibility index (Phi) is 4.06. The molecule has 48 valence electrons. The van der Waals surface area contributed by atoms with Crippen molar-refractivity contribution in [2.24, 2.45) is 0 Å². The summed E-state index contributed by atoms with van der Waals surface area (Å²) in [6, 6.07) is 0. The molecule has 2 radical (unpaired) electrons. The van der Waals surface area contributed by atoms with Gasteiger partial charge < -0.3 is 0 Å². The molecule has 0 aliphatic heterocycles. The van der Waals surface area contributed by atoms with Crippen LogP contribution in [0.3, 0.4) is 0 Å². The second kappa shape index (κ2) is 3.71. The van der Waals surface area contributed by atoms with Crippen LogP contribution >= 0.6 is 0 Å². The summed E-state index contributed by atoms with van der Waals surface area (Å²) in [6.07, 6.45) is 1.80. The molecule has 0 atom stereocenters. The van der Waals surface area contributed by atoms with Gasteiger partial charge in [0.25, 0.3) is 0 Å². The van der Waals surface area contributed by atoms with Gasteiger partial charge in [-0.1, -0.05) is 0 Å². The van der Waals surface area contributed by atoms with Crippen molar-refractivity contribution in [2.45, 2.75) is 19.8 Å². The number of rotatable bonds is 3. The topological polar surface area (TPSA) is 34.1 Å². The van der Waals surface area contributed by atoms with E-state index in [1.807, 2.05) is 6.92 Å². The zero-order valence-corrected chi connectivity index (χ0v) is 9.04. The van der Waals surface area contributed by atoms with E-state index in [0.717, 1.165) is 12.8 Å². The van der Waals surface area contributed by atoms with E-state index in [-0.39, 0.29) is 0 Å². The van der Waals surface area contributed by atoms with Crippen LogP contribution in [-0.2, 0) is 7.02 Å². The predicted octanol–water partition coefficient (Wildman–Crippen LogP) is 0.0171. The molecule has 0 heterocycles. The van der Waals surface area contributed by atoms with Gasteiger partial charge in [0.05, 0.1) is 0 Å². The molecular weight excluding hydrogens is 231 g/mol. The molecule has 0 N–H and O–H groups in total. The second-order valence-corrected chi connectivity index (χ2v) is 9.60. The third-order valence-corrected chi connectivity index (χ3v) is 3.66. The van der Waals surface area contributed by atoms with Gasteiger partial charge in [0.2, 0.25) is 0 Å². The van der Waals surface area contributed by atoms with Crippen LogP contribution in [0.1, 0.15) is 19.8 Å². The zero-order valence-electron chi connectivity index (χ0n) is 4.92. The summed E-state index contributed by atoms with van der Waals surface area (Å²) >= 11 is 0.375. The van der Waals surface area contributed by atoms with Gasteiger partial charge in [-0.25, -0.2) is 0 Å². The van der Waals surface area contributed by atoms with Crippen LogP contribution in [0.5, 0.6) is 0 Å². The van der Waals surface area contributed by atoms with E-state index in [2.05, 4.69) is 0 Å². The van der Waals surface area contributed by atoms with Crippen LogP contribution in [0.15, 0.2) is 0 Å². The maximum absolute atomic E-state index is 10.4. The SMILES string of the molecule is CCCC[S](=O)(=O)[SnH]. The van der Waals surface area contributed by atoms with Crippen molar-refractivity contribution in [1.29, 1.82) is 0 Å². The van der Waals surface area contributed by atoms with Crippen LogP contribution in [0.2, 0.25) is 0 Å². The molecule has 0 fully saturated rings. The molecule has 0 saturated carbocycles. The first-order valence-electron chi connectivity index (χ1n) is 2.56. The van der Waals surface area contributed by atoms with Gasteiger partial charge in [0.1, 0.15) is 0 Å². The van der Waals surface area contributed by atoms with Crippen molar-refractivity contribution >= 4 is 28.2 Å². The Hall–Kier alpha value is 0.749. The Balaban J connectivity index is 3.42. The van der Waals surface area contributed by atoms with Crippen molar-refractivity contribution in [3.05, 3.63) is 0 Å². The van der Waals surface area contributed by atoms with Crippen LogP contribution in [-0.4, -0.2) is 35.3 Å². The normalized spacial score (nSPS) is 11.8. The summed E-state index contributed by atoms with van der Waals surface area (Å²) in [5.74, 6) is 0.395. The van der Waals surface area contributed by atoms with E-state index in [4.69, 9.17) is 0 Å². The average molecular weight is 241 g/mol. The quantitative estimate of drug-likeness (QED) is 0.652. The summed E-state index contributed by atoms with van der Waals surface area (Å²) < 4.78 is 20.9. The maximum atomic E-state index is 10.4. The van der Waals surface area contributed by atoms with Gasteiger partial charge in [-0.05, 0) is 0 Å². The van der Waals surface area contributed by atoms with E-state index in [0.29, 0.717) is 26.9 Å². The predicted molar refractivity (Wildman–Crippen MR) is 35.8 cm³/mol. The Morgan fingerprint density at radius 2 is 2.00 bits per heavy atom. The summed E-state index contributed by atoms with van der Waals surface area (Å²) in [5, 5.41) is 0. The minimum absolute atomic E-state index is 0.375. The van der Waals surface area contributed by atoms with E-state index in [1.165, 1.54) is 0 Å². The molecule has 0 rings (SSSR count). The molecule has 0 aromatic heterocycles. The van der Waals surface area contributed by atoms with Gasteiger partial charge in [0, 0.05) is 0 Å². The molecule has 0 aromatic carbocycles. The average Bonchev–Trinajstić information content (AvgIpc) is 1.59. The molecule has 4 heteroatoms. The van der Waals surface area contributed by atoms with Crippen LogP contribution < -0.4 is 0 Å². The first kappa shape index (κ1) is 8.75. The summed E-state index contributed by atoms with van der Waals surface area (Å²) in [5.41, 5.74) is 0. The fraction of sp³-hybridized carbons (Fsp3) is 1.00. The van der Waals surface area contributed by atoms with Crippen molar-refractivity contribution in [3.63, 3.8) is 0 Å². The van der Waals surface area contributed by atoms with Crippen LogP contribution in [0.4, 0.5) is 0 Å². The van der Waals surface area contributed by atoms with Crippen LogP contribution in [0.25, 0.3) is 0 Å². The fourth-order valence-corrected chi connectivity index (χ4v) is 2.46. The van der Waals surface area contributed by atoms with E-state index >= 15 is 0 Å². The minimum atomic E-state index is -2.56. The van der Waals surface area contributed by atoms with E-state index in [9.17, 15) is 8.42 Å². The first-order chi connectivity index (χ1) is 3.56. The first-order valence-corrected chi connectivity index (χ1v) is 8.32.